The van der Waals surface area contributed by atoms with Crippen LogP contribution >= 0.6 is 0 Å². The van der Waals surface area contributed by atoms with Crippen molar-refractivity contribution in [2.24, 2.45) is 0 Å². The monoisotopic (exact) mass is 147 g/mol. The summed E-state index contributed by atoms with van der Waals surface area (Å²) in [6, 6.07) is 0. The number of nitrogens with zero attached hydrogens (tertiary/aromatic N) is 3. The van der Waals surface area contributed by atoms with E-state index in [0.717, 1.165) is 0 Å². The topological polar surface area (TPSA) is 70.8 Å². The fraction of sp³-hybridized carbons (Fsp3) is 0.400. The van der Waals surface area contributed by atoms with Crippen LogP contribution in [0.5, 0.6) is 0 Å². The summed E-state index contributed by atoms with van der Waals surface area (Å²) >= 11 is 0. The second-order valence-electron chi connectivity index (χ2n) is 1.86. The minimum Gasteiger partial charge on any atom is -0.548 e. The summed E-state index contributed by atoms with van der Waals surface area (Å²) in [6.45, 7) is 1.45. The van der Waals surface area contributed by atoms with E-state index in [1.165, 1.54) is 11.0 Å². The van der Waals surface area contributed by atoms with Crippen molar-refractivity contribution in [2.75, 3.05) is 0 Å². The first kappa shape index (κ1) is 10.2. The largest absolute Gasteiger partial charge is 1.00 e. The molecule has 0 saturated heterocycles. The normalized spacial score (nSPS) is 8.82. The van der Waals surface area contributed by atoms with Gasteiger partial charge in [-0.3, -0.25) is 0 Å². The van der Waals surface area contributed by atoms with Crippen LogP contribution in [0.4, 0.5) is 0 Å². The van der Waals surface area contributed by atoms with E-state index in [1.54, 1.807) is 6.92 Å². The van der Waals surface area contributed by atoms with E-state index in [9.17, 15) is 9.90 Å². The maximum Gasteiger partial charge on any atom is 1.00 e. The molecule has 0 spiro atoms. The minimum atomic E-state index is -1.16. The number of carboxylic acids is 1. The van der Waals surface area contributed by atoms with Crippen LogP contribution in [0.25, 0.3) is 0 Å². The molecule has 0 amide bonds. The van der Waals surface area contributed by atoms with Gasteiger partial charge in [-0.05, 0) is 6.92 Å². The van der Waals surface area contributed by atoms with Gasteiger partial charge in [0.25, 0.3) is 0 Å². The molecule has 0 bridgehead atoms. The van der Waals surface area contributed by atoms with Crippen molar-refractivity contribution >= 4 is 5.97 Å². The molecule has 0 N–H and O–H groups in total. The van der Waals surface area contributed by atoms with Gasteiger partial charge in [-0.15, -0.1) is 0 Å². The van der Waals surface area contributed by atoms with Crippen LogP contribution in [0.15, 0.2) is 6.33 Å². The molecule has 0 saturated carbocycles. The number of carbonyl (C=O) groups excluding carboxylic acids is 1. The average Bonchev–Trinajstić information content (AvgIpc) is 2.13. The summed E-state index contributed by atoms with van der Waals surface area (Å²) in [6.07, 6.45) is 1.35. The zero-order valence-electron chi connectivity index (χ0n) is 6.44. The first-order chi connectivity index (χ1) is 4.68. The minimum absolute atomic E-state index is 0. The Labute approximate surface area is 75.6 Å². The van der Waals surface area contributed by atoms with Crippen molar-refractivity contribution in [3.63, 3.8) is 0 Å². The molecule has 0 atom stereocenters. The van der Waals surface area contributed by atoms with Gasteiger partial charge in [0.2, 0.25) is 0 Å². The third-order valence-electron chi connectivity index (χ3n) is 0.942. The van der Waals surface area contributed by atoms with Gasteiger partial charge >= 0.3 is 18.9 Å². The van der Waals surface area contributed by atoms with E-state index in [4.69, 9.17) is 0 Å². The predicted molar refractivity (Wildman–Crippen MR) is 29.8 cm³/mol. The van der Waals surface area contributed by atoms with Crippen molar-refractivity contribution in [3.8, 4) is 0 Å². The van der Waals surface area contributed by atoms with Gasteiger partial charge in [-0.25, -0.2) is 9.67 Å². The number of aliphatic carboxylic acids is 1. The zero-order valence-corrected chi connectivity index (χ0v) is 6.44. The van der Waals surface area contributed by atoms with Crippen LogP contribution in [0, 0.1) is 6.92 Å². The van der Waals surface area contributed by atoms with E-state index in [0.29, 0.717) is 5.82 Å². The summed E-state index contributed by atoms with van der Waals surface area (Å²) in [5, 5.41) is 13.7. The number of hydrogen-bond donors (Lipinski definition) is 0. The predicted octanol–water partition coefficient (Wildman–Crippen LogP) is -4.66. The summed E-state index contributed by atoms with van der Waals surface area (Å²) in [7, 11) is 0. The molecular weight excluding hydrogens is 141 g/mol. The molecular formula is C5H6LiN3O2. The van der Waals surface area contributed by atoms with Crippen molar-refractivity contribution < 1.29 is 28.8 Å². The first-order valence-electron chi connectivity index (χ1n) is 2.74. The fourth-order valence-electron chi connectivity index (χ4n) is 0.596. The second kappa shape index (κ2) is 4.16. The Morgan fingerprint density at radius 1 is 1.82 bits per heavy atom. The molecule has 0 aromatic carbocycles. The number of hydrogen-bond acceptors (Lipinski definition) is 4. The molecule has 1 aromatic rings. The Morgan fingerprint density at radius 2 is 2.45 bits per heavy atom. The number of rotatable bonds is 2. The summed E-state index contributed by atoms with van der Waals surface area (Å²) in [4.78, 5) is 13.7. The molecule has 0 aliphatic heterocycles. The van der Waals surface area contributed by atoms with E-state index in [1.807, 2.05) is 0 Å². The third kappa shape index (κ3) is 3.21. The van der Waals surface area contributed by atoms with E-state index in [-0.39, 0.29) is 25.4 Å². The summed E-state index contributed by atoms with van der Waals surface area (Å²) < 4.78 is 1.21. The average molecular weight is 147 g/mol. The van der Waals surface area contributed by atoms with Gasteiger partial charge in [-0.1, -0.05) is 0 Å². The Kier molecular flexibility index (Phi) is 3.86. The third-order valence-corrected chi connectivity index (χ3v) is 0.942. The molecule has 1 rings (SSSR count). The van der Waals surface area contributed by atoms with Gasteiger partial charge in [0.1, 0.15) is 12.2 Å². The molecule has 0 aliphatic rings. The van der Waals surface area contributed by atoms with Crippen LogP contribution in [-0.4, -0.2) is 20.7 Å². The van der Waals surface area contributed by atoms with Crippen molar-refractivity contribution in [1.82, 2.24) is 14.8 Å². The molecule has 0 radical (unpaired) electrons. The molecule has 1 aromatic heterocycles. The number of carboxylic acid groups (broad SMARTS) is 1. The Balaban J connectivity index is 0.000001000. The standard InChI is InChI=1S/C5H7N3O2.Li/c1-4-6-3-8(7-4)2-5(9)10;/h3H,2H2,1H3,(H,9,10);/q;+1/p-1. The van der Waals surface area contributed by atoms with Crippen molar-refractivity contribution in [2.45, 2.75) is 13.5 Å². The van der Waals surface area contributed by atoms with Crippen LogP contribution in [-0.2, 0) is 11.3 Å². The first-order valence-corrected chi connectivity index (χ1v) is 2.74. The summed E-state index contributed by atoms with van der Waals surface area (Å²) in [5.74, 6) is -0.605. The number of aryl methyl sites for hydroxylation is 1. The molecule has 11 heavy (non-hydrogen) atoms. The maximum atomic E-state index is 9.98. The Morgan fingerprint density at radius 3 is 2.82 bits per heavy atom. The fourth-order valence-corrected chi connectivity index (χ4v) is 0.596. The van der Waals surface area contributed by atoms with Crippen LogP contribution in [0.3, 0.4) is 0 Å². The van der Waals surface area contributed by atoms with Gasteiger partial charge in [-0.2, -0.15) is 5.10 Å². The molecule has 0 aliphatic carbocycles. The molecule has 0 fully saturated rings. The van der Waals surface area contributed by atoms with E-state index >= 15 is 0 Å². The van der Waals surface area contributed by atoms with Gasteiger partial charge in [0.05, 0.1) is 12.5 Å². The van der Waals surface area contributed by atoms with Gasteiger partial charge in [0, 0.05) is 0 Å². The van der Waals surface area contributed by atoms with Crippen molar-refractivity contribution in [1.29, 1.82) is 0 Å². The maximum absolute atomic E-state index is 9.98. The van der Waals surface area contributed by atoms with E-state index < -0.39 is 5.97 Å². The number of aromatic nitrogens is 3. The quantitative estimate of drug-likeness (QED) is 0.394. The van der Waals surface area contributed by atoms with E-state index in [2.05, 4.69) is 10.1 Å². The second-order valence-corrected chi connectivity index (χ2v) is 1.86. The molecule has 1 heterocycles. The summed E-state index contributed by atoms with van der Waals surface area (Å²) in [5.41, 5.74) is 0. The van der Waals surface area contributed by atoms with Crippen LogP contribution in [0.2, 0.25) is 0 Å². The van der Waals surface area contributed by atoms with Crippen molar-refractivity contribution in [3.05, 3.63) is 12.2 Å². The molecule has 5 nitrogen and oxygen atoms in total. The SMILES string of the molecule is Cc1ncn(CC(=O)[O-])n1.[Li+]. The molecule has 0 unspecified atom stereocenters. The van der Waals surface area contributed by atoms with Crippen LogP contribution < -0.4 is 24.0 Å². The molecule has 6 heteroatoms. The smallest absolute Gasteiger partial charge is 0.548 e. The Bertz CT molecular complexity index is 248. The zero-order chi connectivity index (χ0) is 7.56. The molecule has 54 valence electrons. The van der Waals surface area contributed by atoms with Gasteiger partial charge in [0.15, 0.2) is 0 Å². The Hall–Kier alpha value is -0.793. The number of carbonyl (C=O) groups is 1. The van der Waals surface area contributed by atoms with Gasteiger partial charge < -0.3 is 9.90 Å². The van der Waals surface area contributed by atoms with Crippen LogP contribution in [0.1, 0.15) is 5.82 Å².